The van der Waals surface area contributed by atoms with Crippen molar-refractivity contribution in [3.05, 3.63) is 0 Å². The molecule has 17 heavy (non-hydrogen) atoms. The second kappa shape index (κ2) is 8.03. The van der Waals surface area contributed by atoms with E-state index in [1.54, 1.807) is 12.0 Å². The molecule has 1 aliphatic heterocycles. The van der Waals surface area contributed by atoms with Crippen LogP contribution in [0.15, 0.2) is 0 Å². The molecule has 0 aromatic rings. The summed E-state index contributed by atoms with van der Waals surface area (Å²) in [5.41, 5.74) is 0. The number of nitrogens with zero attached hydrogens (tertiary/aromatic N) is 1. The molecule has 6 heteroatoms. The number of carbonyl (C=O) groups excluding carboxylic acids is 2. The molecule has 0 bridgehead atoms. The zero-order valence-electron chi connectivity index (χ0n) is 10.2. The van der Waals surface area contributed by atoms with Crippen molar-refractivity contribution in [2.24, 2.45) is 0 Å². The van der Waals surface area contributed by atoms with Crippen LogP contribution in [0.5, 0.6) is 0 Å². The van der Waals surface area contributed by atoms with E-state index >= 15 is 0 Å². The number of hydrogen-bond donors (Lipinski definition) is 1. The van der Waals surface area contributed by atoms with Crippen LogP contribution in [0.2, 0.25) is 0 Å². The number of unbranched alkanes of at least 4 members (excludes halogenated alkanes) is 1. The van der Waals surface area contributed by atoms with Gasteiger partial charge < -0.3 is 19.7 Å². The van der Waals surface area contributed by atoms with Gasteiger partial charge in [0.15, 0.2) is 0 Å². The molecule has 0 atom stereocenters. The number of amides is 2. The van der Waals surface area contributed by atoms with Crippen molar-refractivity contribution in [1.29, 1.82) is 0 Å². The molecule has 1 fully saturated rings. The fourth-order valence-corrected chi connectivity index (χ4v) is 1.56. The summed E-state index contributed by atoms with van der Waals surface area (Å²) in [6.45, 7) is 2.80. The lowest BCUT2D eigenvalue weighted by Crippen LogP contribution is -2.51. The first-order chi connectivity index (χ1) is 8.24. The third kappa shape index (κ3) is 5.65. The van der Waals surface area contributed by atoms with Gasteiger partial charge in [0.1, 0.15) is 0 Å². The van der Waals surface area contributed by atoms with Crippen LogP contribution >= 0.6 is 0 Å². The number of hydrogen-bond acceptors (Lipinski definition) is 4. The van der Waals surface area contributed by atoms with Crippen LogP contribution in [0.1, 0.15) is 12.8 Å². The Hall–Kier alpha value is -1.14. The predicted octanol–water partition coefficient (Wildman–Crippen LogP) is -0.612. The maximum Gasteiger partial charge on any atom is 0.242 e. The van der Waals surface area contributed by atoms with Gasteiger partial charge in [-0.3, -0.25) is 9.59 Å². The monoisotopic (exact) mass is 244 g/mol. The molecule has 98 valence electrons. The van der Waals surface area contributed by atoms with Crippen LogP contribution in [0.3, 0.4) is 0 Å². The van der Waals surface area contributed by atoms with Gasteiger partial charge in [-0.2, -0.15) is 0 Å². The number of methoxy groups -OCH3 is 1. The molecule has 0 aliphatic carbocycles. The normalized spacial score (nSPS) is 16.2. The Balaban J connectivity index is 2.01. The molecule has 0 saturated carbocycles. The summed E-state index contributed by atoms with van der Waals surface area (Å²) in [5, 5.41) is 2.52. The van der Waals surface area contributed by atoms with E-state index in [2.05, 4.69) is 5.32 Å². The summed E-state index contributed by atoms with van der Waals surface area (Å²) in [6, 6.07) is 0. The lowest BCUT2D eigenvalue weighted by molar-refractivity contribution is -0.140. The van der Waals surface area contributed by atoms with Gasteiger partial charge in [-0.1, -0.05) is 0 Å². The molecule has 0 spiro atoms. The molecular weight excluding hydrogens is 224 g/mol. The Morgan fingerprint density at radius 3 is 2.82 bits per heavy atom. The molecular formula is C11H20N2O4. The summed E-state index contributed by atoms with van der Waals surface area (Å²) < 4.78 is 10.2. The topological polar surface area (TPSA) is 67.9 Å². The fourth-order valence-electron chi connectivity index (χ4n) is 1.56. The average molecular weight is 244 g/mol. The molecule has 0 unspecified atom stereocenters. The molecule has 1 heterocycles. The number of piperazine rings is 1. The van der Waals surface area contributed by atoms with Crippen molar-refractivity contribution in [3.8, 4) is 0 Å². The van der Waals surface area contributed by atoms with E-state index < -0.39 is 0 Å². The van der Waals surface area contributed by atoms with Gasteiger partial charge in [-0.25, -0.2) is 0 Å². The summed E-state index contributed by atoms with van der Waals surface area (Å²) >= 11 is 0. The largest absolute Gasteiger partial charge is 0.382 e. The van der Waals surface area contributed by atoms with Gasteiger partial charge >= 0.3 is 0 Å². The van der Waals surface area contributed by atoms with Crippen LogP contribution in [0.25, 0.3) is 0 Å². The van der Waals surface area contributed by atoms with Crippen molar-refractivity contribution < 1.29 is 19.1 Å². The van der Waals surface area contributed by atoms with E-state index in [0.717, 1.165) is 12.8 Å². The summed E-state index contributed by atoms with van der Waals surface area (Å²) in [6.07, 6.45) is 1.74. The molecule has 1 N–H and O–H groups in total. The Bertz CT molecular complexity index is 258. The number of carbonyl (C=O) groups is 2. The van der Waals surface area contributed by atoms with Crippen LogP contribution in [-0.2, 0) is 19.1 Å². The molecule has 0 aromatic carbocycles. The van der Waals surface area contributed by atoms with Gasteiger partial charge in [0.05, 0.1) is 26.3 Å². The zero-order valence-corrected chi connectivity index (χ0v) is 10.2. The number of ether oxygens (including phenoxy) is 2. The summed E-state index contributed by atoms with van der Waals surface area (Å²) in [5.74, 6) is -0.0918. The van der Waals surface area contributed by atoms with E-state index in [1.165, 1.54) is 0 Å². The third-order valence-corrected chi connectivity index (χ3v) is 2.52. The quantitative estimate of drug-likeness (QED) is 0.578. The summed E-state index contributed by atoms with van der Waals surface area (Å²) in [7, 11) is 1.64. The van der Waals surface area contributed by atoms with Crippen LogP contribution in [-0.4, -0.2) is 63.3 Å². The highest BCUT2D eigenvalue weighted by Gasteiger charge is 2.21. The van der Waals surface area contributed by atoms with Crippen LogP contribution in [0.4, 0.5) is 0 Å². The highest BCUT2D eigenvalue weighted by Crippen LogP contribution is 2.00. The Labute approximate surface area is 101 Å². The van der Waals surface area contributed by atoms with Gasteiger partial charge in [0, 0.05) is 20.3 Å². The Morgan fingerprint density at radius 2 is 2.06 bits per heavy atom. The van der Waals surface area contributed by atoms with E-state index in [-0.39, 0.29) is 24.9 Å². The first-order valence-corrected chi connectivity index (χ1v) is 5.85. The van der Waals surface area contributed by atoms with Crippen LogP contribution < -0.4 is 5.32 Å². The lowest BCUT2D eigenvalue weighted by atomic mass is 10.2. The van der Waals surface area contributed by atoms with Crippen molar-refractivity contribution >= 4 is 11.8 Å². The van der Waals surface area contributed by atoms with Gasteiger partial charge in [-0.05, 0) is 12.8 Å². The Kier molecular flexibility index (Phi) is 6.57. The minimum atomic E-state index is -0.0825. The van der Waals surface area contributed by atoms with Crippen LogP contribution in [0, 0.1) is 0 Å². The van der Waals surface area contributed by atoms with E-state index in [1.807, 2.05) is 0 Å². The Morgan fingerprint density at radius 1 is 1.24 bits per heavy atom. The number of rotatable bonds is 8. The standard InChI is InChI=1S/C11H20N2O4/c1-16-6-7-17-5-3-2-4-13-9-10(14)12-8-11(13)15/h2-9H2,1H3,(H,12,14). The first-order valence-electron chi connectivity index (χ1n) is 5.85. The molecule has 0 radical (unpaired) electrons. The van der Waals surface area contributed by atoms with Gasteiger partial charge in [0.25, 0.3) is 0 Å². The van der Waals surface area contributed by atoms with E-state index in [4.69, 9.17) is 9.47 Å². The molecule has 0 aromatic heterocycles. The lowest BCUT2D eigenvalue weighted by Gasteiger charge is -2.26. The van der Waals surface area contributed by atoms with E-state index in [9.17, 15) is 9.59 Å². The molecule has 2 amide bonds. The van der Waals surface area contributed by atoms with Crippen molar-refractivity contribution in [2.45, 2.75) is 12.8 Å². The van der Waals surface area contributed by atoms with E-state index in [0.29, 0.717) is 26.4 Å². The third-order valence-electron chi connectivity index (χ3n) is 2.52. The molecule has 1 rings (SSSR count). The first kappa shape index (κ1) is 13.9. The highest BCUT2D eigenvalue weighted by molar-refractivity contribution is 5.92. The van der Waals surface area contributed by atoms with Gasteiger partial charge in [-0.15, -0.1) is 0 Å². The zero-order chi connectivity index (χ0) is 12.5. The smallest absolute Gasteiger partial charge is 0.242 e. The maximum absolute atomic E-state index is 11.4. The van der Waals surface area contributed by atoms with Crippen molar-refractivity contribution in [2.75, 3.05) is 46.6 Å². The fraction of sp³-hybridized carbons (Fsp3) is 0.818. The minimum absolute atomic E-state index is 0.00935. The summed E-state index contributed by atoms with van der Waals surface area (Å²) in [4.78, 5) is 24.1. The number of nitrogens with one attached hydrogen (secondary N) is 1. The molecule has 6 nitrogen and oxygen atoms in total. The van der Waals surface area contributed by atoms with Gasteiger partial charge in [0.2, 0.25) is 11.8 Å². The maximum atomic E-state index is 11.4. The predicted molar refractivity (Wildman–Crippen MR) is 61.5 cm³/mol. The second-order valence-corrected chi connectivity index (χ2v) is 3.90. The highest BCUT2D eigenvalue weighted by atomic mass is 16.5. The minimum Gasteiger partial charge on any atom is -0.382 e. The van der Waals surface area contributed by atoms with Crippen molar-refractivity contribution in [3.63, 3.8) is 0 Å². The SMILES string of the molecule is COCCOCCCCN1CC(=O)NCC1=O. The molecule has 1 aliphatic rings. The molecule has 1 saturated heterocycles. The van der Waals surface area contributed by atoms with Crippen molar-refractivity contribution in [1.82, 2.24) is 10.2 Å². The second-order valence-electron chi connectivity index (χ2n) is 3.90. The average Bonchev–Trinajstić information content (AvgIpc) is 2.32.